The van der Waals surface area contributed by atoms with Crippen LogP contribution in [0, 0.1) is 12.7 Å². The lowest BCUT2D eigenvalue weighted by Crippen LogP contribution is -2.56. The molecule has 7 nitrogen and oxygen atoms in total. The Morgan fingerprint density at radius 1 is 1.27 bits per heavy atom. The molecule has 1 aliphatic rings. The smallest absolute Gasteiger partial charge is 0.410 e. The Labute approximate surface area is 176 Å². The number of hydrogen-bond acceptors (Lipinski definition) is 4. The third-order valence-electron chi connectivity index (χ3n) is 5.27. The van der Waals surface area contributed by atoms with Crippen molar-refractivity contribution in [2.24, 2.45) is 0 Å². The summed E-state index contributed by atoms with van der Waals surface area (Å²) >= 11 is 0. The highest BCUT2D eigenvalue weighted by Crippen LogP contribution is 2.22. The number of amides is 2. The fraction of sp³-hybridized carbons (Fsp3) is 0.500. The molecule has 1 aliphatic heterocycles. The summed E-state index contributed by atoms with van der Waals surface area (Å²) in [5.74, 6) is -0.706. The van der Waals surface area contributed by atoms with E-state index in [1.54, 1.807) is 30.0 Å². The van der Waals surface area contributed by atoms with Gasteiger partial charge in [-0.05, 0) is 59.6 Å². The molecule has 2 atom stereocenters. The summed E-state index contributed by atoms with van der Waals surface area (Å²) in [4.78, 5) is 27.1. The lowest BCUT2D eigenvalue weighted by atomic mass is 9.97. The minimum Gasteiger partial charge on any atom is -0.444 e. The van der Waals surface area contributed by atoms with Crippen LogP contribution in [0.5, 0.6) is 0 Å². The van der Waals surface area contributed by atoms with Crippen molar-refractivity contribution in [1.29, 1.82) is 0 Å². The van der Waals surface area contributed by atoms with Gasteiger partial charge in [-0.15, -0.1) is 0 Å². The zero-order valence-corrected chi connectivity index (χ0v) is 18.1. The van der Waals surface area contributed by atoms with E-state index in [9.17, 15) is 14.0 Å². The minimum atomic E-state index is -0.578. The maximum Gasteiger partial charge on any atom is 0.410 e. The highest BCUT2D eigenvalue weighted by atomic mass is 19.1. The monoisotopic (exact) mass is 416 g/mol. The number of para-hydroxylation sites is 1. The first-order valence-electron chi connectivity index (χ1n) is 10.2. The number of aromatic nitrogens is 2. The molecule has 1 fully saturated rings. The molecular weight excluding hydrogens is 387 g/mol. The largest absolute Gasteiger partial charge is 0.444 e. The van der Waals surface area contributed by atoms with Gasteiger partial charge in [0.15, 0.2) is 0 Å². The molecule has 0 spiro atoms. The predicted molar refractivity (Wildman–Crippen MR) is 111 cm³/mol. The van der Waals surface area contributed by atoms with Gasteiger partial charge in [-0.25, -0.2) is 13.9 Å². The first kappa shape index (κ1) is 21.8. The topological polar surface area (TPSA) is 76.5 Å². The van der Waals surface area contributed by atoms with Crippen LogP contribution >= 0.6 is 0 Å². The normalized spacial score (nSPS) is 19.5. The van der Waals surface area contributed by atoms with Gasteiger partial charge in [0.2, 0.25) is 0 Å². The third kappa shape index (κ3) is 4.63. The van der Waals surface area contributed by atoms with E-state index in [0.717, 1.165) is 12.8 Å². The molecule has 1 N–H and O–H groups in total. The number of ether oxygens (including phenoxy) is 1. The maximum absolute atomic E-state index is 14.1. The number of carbonyl (C=O) groups is 2. The van der Waals surface area contributed by atoms with E-state index in [1.165, 1.54) is 16.9 Å². The number of hydrogen-bond donors (Lipinski definition) is 1. The first-order valence-corrected chi connectivity index (χ1v) is 10.2. The minimum absolute atomic E-state index is 0.209. The lowest BCUT2D eigenvalue weighted by Gasteiger charge is -2.40. The van der Waals surface area contributed by atoms with Crippen molar-refractivity contribution >= 4 is 12.0 Å². The lowest BCUT2D eigenvalue weighted by molar-refractivity contribution is 0.00699. The Morgan fingerprint density at radius 3 is 2.63 bits per heavy atom. The molecule has 30 heavy (non-hydrogen) atoms. The predicted octanol–water partition coefficient (Wildman–Crippen LogP) is 3.84. The van der Waals surface area contributed by atoms with Gasteiger partial charge in [-0.2, -0.15) is 5.10 Å². The summed E-state index contributed by atoms with van der Waals surface area (Å²) in [7, 11) is 0. The second kappa shape index (κ2) is 8.45. The zero-order chi connectivity index (χ0) is 22.1. The van der Waals surface area contributed by atoms with E-state index in [-0.39, 0.29) is 29.8 Å². The van der Waals surface area contributed by atoms with Gasteiger partial charge < -0.3 is 15.0 Å². The number of likely N-dealkylation sites (tertiary alicyclic amines) is 1. The van der Waals surface area contributed by atoms with Gasteiger partial charge in [0.1, 0.15) is 17.1 Å². The Morgan fingerprint density at radius 2 is 1.97 bits per heavy atom. The second-order valence-electron chi connectivity index (χ2n) is 8.64. The first-order chi connectivity index (χ1) is 14.1. The van der Waals surface area contributed by atoms with Gasteiger partial charge in [0.25, 0.3) is 5.91 Å². The van der Waals surface area contributed by atoms with Crippen LogP contribution in [0.25, 0.3) is 5.69 Å². The average Bonchev–Trinajstić information content (AvgIpc) is 3.03. The van der Waals surface area contributed by atoms with Gasteiger partial charge >= 0.3 is 6.09 Å². The highest BCUT2D eigenvalue weighted by Gasteiger charge is 2.35. The number of nitrogens with one attached hydrogen (secondary N) is 1. The summed E-state index contributed by atoms with van der Waals surface area (Å²) in [5, 5.41) is 7.21. The van der Waals surface area contributed by atoms with Crippen molar-refractivity contribution in [3.8, 4) is 5.69 Å². The summed E-state index contributed by atoms with van der Waals surface area (Å²) in [5.41, 5.74) is 0.631. The molecule has 2 amide bonds. The fourth-order valence-electron chi connectivity index (χ4n) is 3.66. The Bertz CT molecular complexity index is 935. The average molecular weight is 416 g/mol. The number of benzene rings is 1. The number of nitrogens with zero attached hydrogens (tertiary/aromatic N) is 3. The fourth-order valence-corrected chi connectivity index (χ4v) is 3.66. The van der Waals surface area contributed by atoms with Crippen LogP contribution in [0.1, 0.15) is 56.6 Å². The van der Waals surface area contributed by atoms with Crippen molar-refractivity contribution in [2.75, 3.05) is 6.54 Å². The highest BCUT2D eigenvalue weighted by molar-refractivity contribution is 5.95. The van der Waals surface area contributed by atoms with Crippen LogP contribution in [0.2, 0.25) is 0 Å². The van der Waals surface area contributed by atoms with Crippen molar-refractivity contribution in [3.05, 3.63) is 47.5 Å². The van der Waals surface area contributed by atoms with Crippen molar-refractivity contribution < 1.29 is 18.7 Å². The van der Waals surface area contributed by atoms with Gasteiger partial charge in [0, 0.05) is 12.6 Å². The van der Waals surface area contributed by atoms with Crippen LogP contribution in [0.15, 0.2) is 30.5 Å². The molecule has 1 saturated heterocycles. The van der Waals surface area contributed by atoms with E-state index in [0.29, 0.717) is 17.8 Å². The van der Waals surface area contributed by atoms with E-state index >= 15 is 0 Å². The quantitative estimate of drug-likeness (QED) is 0.825. The second-order valence-corrected chi connectivity index (χ2v) is 8.64. The summed E-state index contributed by atoms with van der Waals surface area (Å²) in [6.45, 7) is 9.71. The van der Waals surface area contributed by atoms with Crippen molar-refractivity contribution in [1.82, 2.24) is 20.0 Å². The van der Waals surface area contributed by atoms with Crippen LogP contribution in [-0.4, -0.2) is 50.9 Å². The Kier molecular flexibility index (Phi) is 6.14. The van der Waals surface area contributed by atoms with Crippen LogP contribution in [-0.2, 0) is 4.74 Å². The van der Waals surface area contributed by atoms with E-state index in [2.05, 4.69) is 10.4 Å². The summed E-state index contributed by atoms with van der Waals surface area (Å²) in [6, 6.07) is 5.86. The number of carbonyl (C=O) groups excluding carboxylic acids is 2. The molecule has 0 radical (unpaired) electrons. The molecule has 3 rings (SSSR count). The zero-order valence-electron chi connectivity index (χ0n) is 18.1. The van der Waals surface area contributed by atoms with Gasteiger partial charge in [0.05, 0.1) is 23.5 Å². The van der Waals surface area contributed by atoms with Crippen molar-refractivity contribution in [2.45, 2.75) is 65.1 Å². The molecule has 1 aromatic carbocycles. The van der Waals surface area contributed by atoms with Crippen LogP contribution in [0.3, 0.4) is 0 Å². The molecule has 2 aromatic rings. The van der Waals surface area contributed by atoms with Gasteiger partial charge in [-0.3, -0.25) is 4.79 Å². The molecule has 0 aliphatic carbocycles. The maximum atomic E-state index is 14.1. The molecule has 2 heterocycles. The molecule has 8 heteroatoms. The molecule has 162 valence electrons. The summed E-state index contributed by atoms with van der Waals surface area (Å²) in [6.07, 6.45) is 2.59. The van der Waals surface area contributed by atoms with Crippen LogP contribution in [0.4, 0.5) is 9.18 Å². The van der Waals surface area contributed by atoms with Crippen molar-refractivity contribution in [3.63, 3.8) is 0 Å². The standard InChI is InChI=1S/C22H29FN4O3/c1-14-16(13-24-27(14)19-11-7-6-9-17(19)23)20(28)25-18-10-8-12-26(15(18)2)21(29)30-22(3,4)5/h6-7,9,11,13,15,18H,8,10,12H2,1-5H3,(H,25,28)/t15-,18-/m0/s1. The molecule has 1 aromatic heterocycles. The Balaban J connectivity index is 1.73. The number of halogens is 1. The molecule has 0 bridgehead atoms. The Hall–Kier alpha value is -2.90. The number of piperidine rings is 1. The SMILES string of the molecule is Cc1c(C(=O)N[C@H]2CCCN(C(=O)OC(C)(C)C)[C@H]2C)cnn1-c1ccccc1F. The third-order valence-corrected chi connectivity index (χ3v) is 5.27. The van der Waals surface area contributed by atoms with E-state index in [1.807, 2.05) is 27.7 Å². The van der Waals surface area contributed by atoms with Crippen LogP contribution < -0.4 is 5.32 Å². The summed E-state index contributed by atoms with van der Waals surface area (Å²) < 4.78 is 21.0. The van der Waals surface area contributed by atoms with E-state index in [4.69, 9.17) is 4.74 Å². The molecular formula is C22H29FN4O3. The van der Waals surface area contributed by atoms with E-state index < -0.39 is 11.4 Å². The molecule has 0 saturated carbocycles. The molecule has 0 unspecified atom stereocenters. The van der Waals surface area contributed by atoms with Gasteiger partial charge in [-0.1, -0.05) is 12.1 Å². The number of rotatable bonds is 3.